The summed E-state index contributed by atoms with van der Waals surface area (Å²) in [6, 6.07) is 9.42. The van der Waals surface area contributed by atoms with E-state index >= 15 is 0 Å². The summed E-state index contributed by atoms with van der Waals surface area (Å²) in [5, 5.41) is 0. The highest BCUT2D eigenvalue weighted by atomic mass is 16.2. The summed E-state index contributed by atoms with van der Waals surface area (Å²) in [4.78, 5) is 42.3. The first-order valence-electron chi connectivity index (χ1n) is 10.8. The number of H-pyrrole nitrogens is 1. The Morgan fingerprint density at radius 3 is 2.50 bits per heavy atom. The number of nitrogens with one attached hydrogen (secondary N) is 1. The number of benzene rings is 1. The number of nitrogens with zero attached hydrogens (tertiary/aromatic N) is 2. The molecule has 1 saturated carbocycles. The Morgan fingerprint density at radius 1 is 1.20 bits per heavy atom. The normalized spacial score (nSPS) is 14.4. The van der Waals surface area contributed by atoms with Crippen molar-refractivity contribution in [2.24, 2.45) is 11.8 Å². The molecule has 0 spiro atoms. The molecule has 1 aliphatic carbocycles. The highest BCUT2D eigenvalue weighted by Crippen LogP contribution is 2.29. The van der Waals surface area contributed by atoms with Gasteiger partial charge < -0.3 is 10.6 Å². The van der Waals surface area contributed by atoms with Gasteiger partial charge in [-0.25, -0.2) is 4.79 Å². The van der Waals surface area contributed by atoms with Crippen LogP contribution in [0.1, 0.15) is 57.9 Å². The molecule has 1 aliphatic rings. The third kappa shape index (κ3) is 5.20. The van der Waals surface area contributed by atoms with Crippen molar-refractivity contribution in [1.29, 1.82) is 0 Å². The van der Waals surface area contributed by atoms with Crippen molar-refractivity contribution in [3.63, 3.8) is 0 Å². The molecule has 1 amide bonds. The molecule has 0 bridgehead atoms. The number of aromatic amines is 1. The Hall–Kier alpha value is -2.83. The second-order valence-electron chi connectivity index (χ2n) is 8.65. The van der Waals surface area contributed by atoms with Crippen LogP contribution < -0.4 is 21.9 Å². The molecule has 0 atom stereocenters. The number of amides is 1. The molecule has 1 heterocycles. The summed E-state index contributed by atoms with van der Waals surface area (Å²) in [7, 11) is 0. The van der Waals surface area contributed by atoms with Gasteiger partial charge >= 0.3 is 5.69 Å². The highest BCUT2D eigenvalue weighted by Gasteiger charge is 2.27. The number of aromatic nitrogens is 2. The Labute approximate surface area is 176 Å². The summed E-state index contributed by atoms with van der Waals surface area (Å²) in [5.74, 6) is 0.665. The topological polar surface area (TPSA) is 101 Å². The molecule has 7 heteroatoms. The molecular weight excluding hydrogens is 380 g/mol. The lowest BCUT2D eigenvalue weighted by atomic mass is 10.0. The van der Waals surface area contributed by atoms with Crippen molar-refractivity contribution < 1.29 is 4.79 Å². The van der Waals surface area contributed by atoms with E-state index < -0.39 is 11.2 Å². The number of nitrogens with two attached hydrogens (primary N) is 1. The third-order valence-corrected chi connectivity index (χ3v) is 5.84. The lowest BCUT2D eigenvalue weighted by Crippen LogP contribution is -2.42. The van der Waals surface area contributed by atoms with Gasteiger partial charge in [-0.05, 0) is 36.7 Å². The quantitative estimate of drug-likeness (QED) is 0.695. The second kappa shape index (κ2) is 9.78. The molecule has 0 radical (unpaired) electrons. The fourth-order valence-electron chi connectivity index (χ4n) is 4.08. The van der Waals surface area contributed by atoms with Gasteiger partial charge in [0.25, 0.3) is 5.56 Å². The van der Waals surface area contributed by atoms with E-state index in [1.165, 1.54) is 9.47 Å². The molecular formula is C23H32N4O3. The highest BCUT2D eigenvalue weighted by molar-refractivity contribution is 5.95. The second-order valence-corrected chi connectivity index (χ2v) is 8.65. The van der Waals surface area contributed by atoms with Gasteiger partial charge in [-0.2, -0.15) is 0 Å². The van der Waals surface area contributed by atoms with Crippen LogP contribution in [0.5, 0.6) is 0 Å². The largest absolute Gasteiger partial charge is 0.383 e. The number of rotatable bonds is 8. The molecule has 3 rings (SSSR count). The number of carbonyl (C=O) groups excluding carboxylic acids is 1. The number of hydrogen-bond donors (Lipinski definition) is 2. The maximum absolute atomic E-state index is 13.2. The van der Waals surface area contributed by atoms with E-state index in [0.717, 1.165) is 37.7 Å². The number of anilines is 2. The van der Waals surface area contributed by atoms with Gasteiger partial charge in [0, 0.05) is 13.0 Å². The Kier molecular flexibility index (Phi) is 7.13. The summed E-state index contributed by atoms with van der Waals surface area (Å²) in [6.07, 6.45) is 5.54. The van der Waals surface area contributed by atoms with Crippen molar-refractivity contribution in [3.8, 4) is 0 Å². The van der Waals surface area contributed by atoms with E-state index in [-0.39, 0.29) is 24.0 Å². The summed E-state index contributed by atoms with van der Waals surface area (Å²) in [6.45, 7) is 4.78. The Morgan fingerprint density at radius 2 is 1.87 bits per heavy atom. The third-order valence-electron chi connectivity index (χ3n) is 5.84. The van der Waals surface area contributed by atoms with Gasteiger partial charge in [0.2, 0.25) is 5.91 Å². The van der Waals surface area contributed by atoms with Crippen molar-refractivity contribution in [2.45, 2.75) is 58.9 Å². The predicted octanol–water partition coefficient (Wildman–Crippen LogP) is 3.13. The first kappa shape index (κ1) is 21.9. The molecule has 1 aromatic carbocycles. The van der Waals surface area contributed by atoms with Crippen molar-refractivity contribution in [2.75, 3.05) is 17.2 Å². The zero-order valence-corrected chi connectivity index (χ0v) is 17.9. The molecule has 2 aromatic rings. The van der Waals surface area contributed by atoms with Gasteiger partial charge in [-0.1, -0.05) is 57.0 Å². The van der Waals surface area contributed by atoms with Gasteiger partial charge in [0.05, 0.1) is 6.54 Å². The minimum absolute atomic E-state index is 0.0381. The van der Waals surface area contributed by atoms with Crippen LogP contribution in [0, 0.1) is 11.8 Å². The minimum Gasteiger partial charge on any atom is -0.383 e. The maximum Gasteiger partial charge on any atom is 0.330 e. The Balaban J connectivity index is 1.98. The van der Waals surface area contributed by atoms with Crippen molar-refractivity contribution >= 4 is 17.4 Å². The van der Waals surface area contributed by atoms with Crippen LogP contribution in [0.3, 0.4) is 0 Å². The smallest absolute Gasteiger partial charge is 0.330 e. The van der Waals surface area contributed by atoms with Crippen LogP contribution in [0.4, 0.5) is 11.5 Å². The average Bonchev–Trinajstić information content (AvgIpc) is 3.21. The zero-order chi connectivity index (χ0) is 21.7. The first-order valence-corrected chi connectivity index (χ1v) is 10.8. The van der Waals surface area contributed by atoms with E-state index in [1.54, 1.807) is 0 Å². The molecule has 7 nitrogen and oxygen atoms in total. The number of hydrogen-bond acceptors (Lipinski definition) is 4. The van der Waals surface area contributed by atoms with E-state index in [1.807, 2.05) is 30.3 Å². The van der Waals surface area contributed by atoms with Crippen LogP contribution in [0.2, 0.25) is 0 Å². The van der Waals surface area contributed by atoms with Crippen molar-refractivity contribution in [1.82, 2.24) is 9.55 Å². The van der Waals surface area contributed by atoms with Crippen LogP contribution in [0.15, 0.2) is 39.9 Å². The molecule has 30 heavy (non-hydrogen) atoms. The van der Waals surface area contributed by atoms with E-state index in [2.05, 4.69) is 18.8 Å². The fraction of sp³-hybridized carbons (Fsp3) is 0.522. The maximum atomic E-state index is 13.2. The summed E-state index contributed by atoms with van der Waals surface area (Å²) >= 11 is 0. The number of carbonyl (C=O) groups is 1. The van der Waals surface area contributed by atoms with Crippen LogP contribution in [-0.4, -0.2) is 22.0 Å². The lowest BCUT2D eigenvalue weighted by Gasteiger charge is -2.26. The first-order chi connectivity index (χ1) is 14.4. The summed E-state index contributed by atoms with van der Waals surface area (Å²) in [5.41, 5.74) is 6.13. The van der Waals surface area contributed by atoms with Crippen LogP contribution in [0.25, 0.3) is 0 Å². The molecule has 0 saturated heterocycles. The van der Waals surface area contributed by atoms with Gasteiger partial charge in [-0.15, -0.1) is 0 Å². The van der Waals surface area contributed by atoms with Gasteiger partial charge in [0.15, 0.2) is 5.69 Å². The Bertz CT molecular complexity index is 972. The monoisotopic (exact) mass is 412 g/mol. The van der Waals surface area contributed by atoms with Crippen LogP contribution >= 0.6 is 0 Å². The molecule has 3 N–H and O–H groups in total. The SMILES string of the molecule is CC(C)CCN(C(=O)CC1CCCC1)c1c(N)n(Cc2ccccc2)c(=O)[nH]c1=O. The lowest BCUT2D eigenvalue weighted by molar-refractivity contribution is -0.119. The standard InChI is InChI=1S/C23H32N4O3/c1-16(2)12-13-26(19(28)14-17-8-6-7-9-17)20-21(24)27(23(30)25-22(20)29)15-18-10-4-3-5-11-18/h3-5,10-11,16-17H,6-9,12-15,24H2,1-2H3,(H,25,29,30). The van der Waals surface area contributed by atoms with Gasteiger partial charge in [-0.3, -0.25) is 19.1 Å². The zero-order valence-electron chi connectivity index (χ0n) is 17.9. The molecule has 0 unspecified atom stereocenters. The average molecular weight is 413 g/mol. The van der Waals surface area contributed by atoms with Gasteiger partial charge in [0.1, 0.15) is 5.82 Å². The molecule has 1 aromatic heterocycles. The van der Waals surface area contributed by atoms with E-state index in [9.17, 15) is 14.4 Å². The summed E-state index contributed by atoms with van der Waals surface area (Å²) < 4.78 is 1.33. The molecule has 162 valence electrons. The molecule has 0 aliphatic heterocycles. The molecule has 1 fully saturated rings. The van der Waals surface area contributed by atoms with Crippen LogP contribution in [-0.2, 0) is 11.3 Å². The predicted molar refractivity (Wildman–Crippen MR) is 120 cm³/mol. The number of nitrogen functional groups attached to an aromatic ring is 1. The fourth-order valence-corrected chi connectivity index (χ4v) is 4.08. The minimum atomic E-state index is -0.606. The van der Waals surface area contributed by atoms with E-state index in [0.29, 0.717) is 24.8 Å². The van der Waals surface area contributed by atoms with E-state index in [4.69, 9.17) is 5.73 Å². The van der Waals surface area contributed by atoms with Crippen molar-refractivity contribution in [3.05, 3.63) is 56.7 Å².